The minimum absolute atomic E-state index is 0.00327. The summed E-state index contributed by atoms with van der Waals surface area (Å²) in [6.45, 7) is 5.35. The number of hydrogen-bond donors (Lipinski definition) is 1. The zero-order valence-corrected chi connectivity index (χ0v) is 19.6. The van der Waals surface area contributed by atoms with Gasteiger partial charge in [0.1, 0.15) is 11.4 Å². The van der Waals surface area contributed by atoms with Crippen molar-refractivity contribution >= 4 is 44.5 Å². The zero-order valence-electron chi connectivity index (χ0n) is 18.0. The van der Waals surface area contributed by atoms with E-state index in [0.29, 0.717) is 16.6 Å². The summed E-state index contributed by atoms with van der Waals surface area (Å²) in [4.78, 5) is 30.2. The van der Waals surface area contributed by atoms with Crippen LogP contribution >= 0.6 is 11.8 Å². The molecule has 2 aliphatic rings. The van der Waals surface area contributed by atoms with Gasteiger partial charge in [-0.05, 0) is 32.9 Å². The summed E-state index contributed by atoms with van der Waals surface area (Å²) >= 11 is 1.29. The Hall–Kier alpha value is -2.27. The van der Waals surface area contributed by atoms with Crippen LogP contribution in [0.5, 0.6) is 5.75 Å². The molecule has 11 heteroatoms. The molecule has 2 atom stereocenters. The number of para-hydroxylation sites is 2. The molecular formula is C20H27N3O6S2. The van der Waals surface area contributed by atoms with Crippen LogP contribution in [0.15, 0.2) is 29.3 Å². The van der Waals surface area contributed by atoms with E-state index in [0.717, 1.165) is 0 Å². The summed E-state index contributed by atoms with van der Waals surface area (Å²) in [5.74, 6) is 0.193. The fraction of sp³-hybridized carbons (Fsp3) is 0.550. The van der Waals surface area contributed by atoms with Gasteiger partial charge in [0, 0.05) is 18.2 Å². The normalized spacial score (nSPS) is 23.5. The number of nitrogens with one attached hydrogen (secondary N) is 1. The molecule has 0 aromatic heterocycles. The lowest BCUT2D eigenvalue weighted by atomic mass is 10.2. The van der Waals surface area contributed by atoms with Crippen LogP contribution in [0, 0.1) is 0 Å². The first-order chi connectivity index (χ1) is 14.5. The number of aliphatic imine (C=N–C) groups is 1. The lowest BCUT2D eigenvalue weighted by Gasteiger charge is -2.26. The van der Waals surface area contributed by atoms with Gasteiger partial charge >= 0.3 is 6.09 Å². The van der Waals surface area contributed by atoms with Crippen LogP contribution in [0.1, 0.15) is 27.2 Å². The molecule has 0 radical (unpaired) electrons. The highest BCUT2D eigenvalue weighted by atomic mass is 32.2. The average Bonchev–Trinajstić information content (AvgIpc) is 3.10. The maximum Gasteiger partial charge on any atom is 0.407 e. The maximum atomic E-state index is 12.5. The van der Waals surface area contributed by atoms with Crippen molar-refractivity contribution in [2.45, 2.75) is 44.1 Å². The average molecular weight is 470 g/mol. The van der Waals surface area contributed by atoms with Crippen LogP contribution in [0.3, 0.4) is 0 Å². The Morgan fingerprint density at radius 3 is 2.65 bits per heavy atom. The van der Waals surface area contributed by atoms with Gasteiger partial charge in [-0.15, -0.1) is 0 Å². The molecule has 1 N–H and O–H groups in total. The number of anilines is 1. The molecule has 0 bridgehead atoms. The van der Waals surface area contributed by atoms with Crippen molar-refractivity contribution in [3.05, 3.63) is 24.3 Å². The molecule has 31 heavy (non-hydrogen) atoms. The number of carbonyl (C=O) groups excluding carboxylic acids is 2. The Balaban J connectivity index is 1.75. The Labute approximate surface area is 186 Å². The summed E-state index contributed by atoms with van der Waals surface area (Å²) in [5, 5.41) is 2.77. The Bertz CT molecular complexity index is 987. The second-order valence-electron chi connectivity index (χ2n) is 8.31. The molecule has 170 valence electrons. The van der Waals surface area contributed by atoms with Crippen molar-refractivity contribution < 1.29 is 27.5 Å². The largest absolute Gasteiger partial charge is 0.495 e. The van der Waals surface area contributed by atoms with Crippen molar-refractivity contribution in [3.63, 3.8) is 0 Å². The van der Waals surface area contributed by atoms with Gasteiger partial charge < -0.3 is 19.7 Å². The number of carbonyl (C=O) groups is 2. The van der Waals surface area contributed by atoms with E-state index < -0.39 is 27.4 Å². The first-order valence-electron chi connectivity index (χ1n) is 9.87. The first-order valence-corrected chi connectivity index (χ1v) is 12.6. The van der Waals surface area contributed by atoms with Crippen LogP contribution in [-0.2, 0) is 19.4 Å². The quantitative estimate of drug-likeness (QED) is 0.698. The number of hydrogen-bond acceptors (Lipinski definition) is 7. The number of thioether (sulfide) groups is 1. The monoisotopic (exact) mass is 469 g/mol. The number of sulfone groups is 1. The van der Waals surface area contributed by atoms with Crippen molar-refractivity contribution in [2.75, 3.05) is 30.1 Å². The van der Waals surface area contributed by atoms with Crippen molar-refractivity contribution in [1.29, 1.82) is 0 Å². The minimum Gasteiger partial charge on any atom is -0.495 e. The second kappa shape index (κ2) is 9.07. The van der Waals surface area contributed by atoms with Crippen LogP contribution in [0.25, 0.3) is 0 Å². The molecule has 0 saturated carbocycles. The molecule has 2 amide bonds. The predicted octanol–water partition coefficient (Wildman–Crippen LogP) is 2.21. The molecule has 2 unspecified atom stereocenters. The molecule has 0 aliphatic carbocycles. The van der Waals surface area contributed by atoms with E-state index >= 15 is 0 Å². The standard InChI is InChI=1S/C20H27N3O6S2/c1-20(2,3)29-19(25)21-10-9-17(24)22-18-23(13-7-5-6-8-15(13)28-4)14-11-31(26,27)12-16(14)30-18/h5-8,14,16H,9-12H2,1-4H3,(H,21,25). The second-order valence-corrected chi connectivity index (χ2v) is 11.7. The van der Waals surface area contributed by atoms with Crippen LogP contribution in [-0.4, -0.2) is 67.6 Å². The third kappa shape index (κ3) is 5.91. The summed E-state index contributed by atoms with van der Waals surface area (Å²) in [6.07, 6.45) is -0.602. The smallest absolute Gasteiger partial charge is 0.407 e. The Kier molecular flexibility index (Phi) is 6.85. The predicted molar refractivity (Wildman–Crippen MR) is 121 cm³/mol. The number of alkyl carbamates (subject to hydrolysis) is 1. The third-order valence-electron chi connectivity index (χ3n) is 4.64. The molecule has 2 saturated heterocycles. The molecule has 3 rings (SSSR count). The molecular weight excluding hydrogens is 442 g/mol. The Morgan fingerprint density at radius 2 is 1.97 bits per heavy atom. The van der Waals surface area contributed by atoms with E-state index in [1.807, 2.05) is 18.2 Å². The fourth-order valence-electron chi connectivity index (χ4n) is 3.42. The molecule has 1 aromatic rings. The highest BCUT2D eigenvalue weighted by molar-refractivity contribution is 8.16. The van der Waals surface area contributed by atoms with E-state index in [-0.39, 0.29) is 35.8 Å². The summed E-state index contributed by atoms with van der Waals surface area (Å²) in [6, 6.07) is 6.91. The van der Waals surface area contributed by atoms with Gasteiger partial charge in [0.15, 0.2) is 15.0 Å². The van der Waals surface area contributed by atoms with Crippen LogP contribution in [0.2, 0.25) is 0 Å². The van der Waals surface area contributed by atoms with E-state index in [4.69, 9.17) is 9.47 Å². The van der Waals surface area contributed by atoms with Crippen LogP contribution in [0.4, 0.5) is 10.5 Å². The Morgan fingerprint density at radius 1 is 1.26 bits per heavy atom. The van der Waals surface area contributed by atoms with Gasteiger partial charge in [-0.3, -0.25) is 4.79 Å². The van der Waals surface area contributed by atoms with Gasteiger partial charge in [0.05, 0.1) is 30.3 Å². The number of amides is 2. The van der Waals surface area contributed by atoms with Gasteiger partial charge in [-0.2, -0.15) is 4.99 Å². The summed E-state index contributed by atoms with van der Waals surface area (Å²) in [5.41, 5.74) is 0.0443. The molecule has 2 heterocycles. The zero-order chi connectivity index (χ0) is 22.8. The number of rotatable bonds is 5. The molecule has 2 fully saturated rings. The molecule has 1 aromatic carbocycles. The lowest BCUT2D eigenvalue weighted by molar-refractivity contribution is -0.117. The van der Waals surface area contributed by atoms with E-state index in [1.54, 1.807) is 31.7 Å². The van der Waals surface area contributed by atoms with Gasteiger partial charge in [-0.25, -0.2) is 13.2 Å². The van der Waals surface area contributed by atoms with Gasteiger partial charge in [-0.1, -0.05) is 23.9 Å². The molecule has 2 aliphatic heterocycles. The molecule has 0 spiro atoms. The highest BCUT2D eigenvalue weighted by Crippen LogP contribution is 2.43. The first kappa shape index (κ1) is 23.4. The van der Waals surface area contributed by atoms with Crippen molar-refractivity contribution in [2.24, 2.45) is 4.99 Å². The number of amidine groups is 1. The lowest BCUT2D eigenvalue weighted by Crippen LogP contribution is -2.38. The summed E-state index contributed by atoms with van der Waals surface area (Å²) in [7, 11) is -1.62. The number of methoxy groups -OCH3 is 1. The van der Waals surface area contributed by atoms with E-state index in [1.165, 1.54) is 18.9 Å². The number of nitrogens with zero attached hydrogens (tertiary/aromatic N) is 2. The molecule has 9 nitrogen and oxygen atoms in total. The maximum absolute atomic E-state index is 12.5. The van der Waals surface area contributed by atoms with Crippen molar-refractivity contribution in [1.82, 2.24) is 5.32 Å². The topological polar surface area (TPSA) is 114 Å². The van der Waals surface area contributed by atoms with E-state index in [9.17, 15) is 18.0 Å². The summed E-state index contributed by atoms with van der Waals surface area (Å²) < 4.78 is 34.9. The SMILES string of the molecule is COc1ccccc1N1C(=NC(=O)CCNC(=O)OC(C)(C)C)SC2CS(=O)(=O)CC21. The van der Waals surface area contributed by atoms with Gasteiger partial charge in [0.25, 0.3) is 0 Å². The van der Waals surface area contributed by atoms with E-state index in [2.05, 4.69) is 10.3 Å². The minimum atomic E-state index is -3.16. The number of fused-ring (bicyclic) bond motifs is 1. The fourth-order valence-corrected chi connectivity index (χ4v) is 7.35. The van der Waals surface area contributed by atoms with Crippen LogP contribution < -0.4 is 15.0 Å². The third-order valence-corrected chi connectivity index (χ3v) is 7.85. The van der Waals surface area contributed by atoms with Crippen molar-refractivity contribution in [3.8, 4) is 5.75 Å². The van der Waals surface area contributed by atoms with Gasteiger partial charge in [0.2, 0.25) is 5.91 Å². The highest BCUT2D eigenvalue weighted by Gasteiger charge is 2.50. The number of ether oxygens (including phenoxy) is 2. The number of benzene rings is 1.